The third-order valence-corrected chi connectivity index (χ3v) is 4.83. The van der Waals surface area contributed by atoms with Crippen molar-refractivity contribution >= 4 is 31.8 Å². The second-order valence-corrected chi connectivity index (χ2v) is 6.60. The summed E-state index contributed by atoms with van der Waals surface area (Å²) in [5.41, 5.74) is 1.47. The molecule has 0 fully saturated rings. The fourth-order valence-corrected chi connectivity index (χ4v) is 2.55. The van der Waals surface area contributed by atoms with Gasteiger partial charge in [-0.05, 0) is 37.1 Å². The number of hydrogen-bond acceptors (Lipinski definition) is 3. The second-order valence-electron chi connectivity index (χ2n) is 3.97. The molecule has 0 heterocycles. The van der Waals surface area contributed by atoms with Crippen molar-refractivity contribution < 1.29 is 13.5 Å². The highest BCUT2D eigenvalue weighted by Gasteiger charge is 2.17. The van der Waals surface area contributed by atoms with Gasteiger partial charge in [0.2, 0.25) is 0 Å². The second kappa shape index (κ2) is 6.51. The van der Waals surface area contributed by atoms with E-state index in [2.05, 4.69) is 20.7 Å². The Labute approximate surface area is 116 Å². The summed E-state index contributed by atoms with van der Waals surface area (Å²) in [7, 11) is -2.08. The molecule has 7 heteroatoms. The number of benzene rings is 1. The van der Waals surface area contributed by atoms with E-state index in [1.165, 1.54) is 11.4 Å². The predicted molar refractivity (Wildman–Crippen MR) is 75.8 cm³/mol. The SMILES string of the molecule is Cc1cc(NS(=O)(=O)N(C)CCCO)ccc1Br. The van der Waals surface area contributed by atoms with Gasteiger partial charge in [0.25, 0.3) is 0 Å². The molecule has 0 saturated carbocycles. The molecule has 0 saturated heterocycles. The third-order valence-electron chi connectivity index (χ3n) is 2.45. The summed E-state index contributed by atoms with van der Waals surface area (Å²) in [6, 6.07) is 5.23. The molecule has 18 heavy (non-hydrogen) atoms. The molecule has 1 aromatic carbocycles. The van der Waals surface area contributed by atoms with Crippen LogP contribution in [-0.2, 0) is 10.2 Å². The first kappa shape index (κ1) is 15.4. The molecule has 0 radical (unpaired) electrons. The minimum Gasteiger partial charge on any atom is -0.396 e. The number of aliphatic hydroxyl groups is 1. The maximum absolute atomic E-state index is 11.9. The predicted octanol–water partition coefficient (Wildman–Crippen LogP) is 1.73. The lowest BCUT2D eigenvalue weighted by molar-refractivity contribution is 0.276. The van der Waals surface area contributed by atoms with Crippen LogP contribution in [0.1, 0.15) is 12.0 Å². The highest BCUT2D eigenvalue weighted by molar-refractivity contribution is 9.10. The van der Waals surface area contributed by atoms with Gasteiger partial charge in [-0.1, -0.05) is 15.9 Å². The molecule has 0 spiro atoms. The Bertz CT molecular complexity index is 505. The maximum atomic E-state index is 11.9. The smallest absolute Gasteiger partial charge is 0.301 e. The average Bonchev–Trinajstić information content (AvgIpc) is 2.30. The molecular formula is C11H17BrN2O3S. The number of aryl methyl sites for hydroxylation is 1. The first-order chi connectivity index (χ1) is 8.36. The van der Waals surface area contributed by atoms with Crippen LogP contribution in [-0.4, -0.2) is 38.0 Å². The van der Waals surface area contributed by atoms with E-state index in [1.807, 2.05) is 6.92 Å². The van der Waals surface area contributed by atoms with Gasteiger partial charge >= 0.3 is 10.2 Å². The van der Waals surface area contributed by atoms with Crippen LogP contribution >= 0.6 is 15.9 Å². The lowest BCUT2D eigenvalue weighted by atomic mass is 10.2. The van der Waals surface area contributed by atoms with Gasteiger partial charge in [-0.25, -0.2) is 0 Å². The van der Waals surface area contributed by atoms with E-state index in [0.717, 1.165) is 10.0 Å². The van der Waals surface area contributed by atoms with Crippen molar-refractivity contribution in [3.05, 3.63) is 28.2 Å². The van der Waals surface area contributed by atoms with E-state index < -0.39 is 10.2 Å². The van der Waals surface area contributed by atoms with Gasteiger partial charge in [0.1, 0.15) is 0 Å². The Morgan fingerprint density at radius 2 is 2.11 bits per heavy atom. The van der Waals surface area contributed by atoms with Gasteiger partial charge in [-0.2, -0.15) is 12.7 Å². The molecule has 0 aliphatic rings. The number of aliphatic hydroxyl groups excluding tert-OH is 1. The summed E-state index contributed by atoms with van der Waals surface area (Å²) >= 11 is 3.36. The van der Waals surface area contributed by atoms with Crippen LogP contribution in [0, 0.1) is 6.92 Å². The highest BCUT2D eigenvalue weighted by Crippen LogP contribution is 2.21. The van der Waals surface area contributed by atoms with Gasteiger partial charge in [-0.3, -0.25) is 4.72 Å². The Balaban J connectivity index is 2.78. The lowest BCUT2D eigenvalue weighted by Crippen LogP contribution is -2.33. The maximum Gasteiger partial charge on any atom is 0.301 e. The summed E-state index contributed by atoms with van der Waals surface area (Å²) in [5, 5.41) is 8.69. The van der Waals surface area contributed by atoms with Gasteiger partial charge in [-0.15, -0.1) is 0 Å². The molecule has 0 atom stereocenters. The average molecular weight is 337 g/mol. The lowest BCUT2D eigenvalue weighted by Gasteiger charge is -2.18. The zero-order valence-electron chi connectivity index (χ0n) is 10.4. The van der Waals surface area contributed by atoms with Crippen molar-refractivity contribution in [2.75, 3.05) is 24.9 Å². The van der Waals surface area contributed by atoms with Gasteiger partial charge in [0, 0.05) is 24.7 Å². The Morgan fingerprint density at radius 1 is 1.44 bits per heavy atom. The van der Waals surface area contributed by atoms with Crippen LogP contribution < -0.4 is 4.72 Å². The van der Waals surface area contributed by atoms with E-state index in [0.29, 0.717) is 12.1 Å². The summed E-state index contributed by atoms with van der Waals surface area (Å²) in [6.45, 7) is 2.13. The monoisotopic (exact) mass is 336 g/mol. The summed E-state index contributed by atoms with van der Waals surface area (Å²) < 4.78 is 28.4. The summed E-state index contributed by atoms with van der Waals surface area (Å²) in [4.78, 5) is 0. The zero-order chi connectivity index (χ0) is 13.8. The molecule has 0 amide bonds. The van der Waals surface area contributed by atoms with E-state index in [9.17, 15) is 8.42 Å². The van der Waals surface area contributed by atoms with Crippen molar-refractivity contribution in [3.8, 4) is 0 Å². The minimum atomic E-state index is -3.56. The molecule has 102 valence electrons. The van der Waals surface area contributed by atoms with Crippen LogP contribution in [0.2, 0.25) is 0 Å². The van der Waals surface area contributed by atoms with Gasteiger partial charge in [0.05, 0.1) is 5.69 Å². The molecule has 2 N–H and O–H groups in total. The molecule has 1 rings (SSSR count). The fourth-order valence-electron chi connectivity index (χ4n) is 1.35. The number of rotatable bonds is 6. The summed E-state index contributed by atoms with van der Waals surface area (Å²) in [5.74, 6) is 0. The van der Waals surface area contributed by atoms with Gasteiger partial charge < -0.3 is 5.11 Å². The fraction of sp³-hybridized carbons (Fsp3) is 0.455. The van der Waals surface area contributed by atoms with E-state index >= 15 is 0 Å². The van der Waals surface area contributed by atoms with Crippen LogP contribution in [0.3, 0.4) is 0 Å². The largest absolute Gasteiger partial charge is 0.396 e. The molecule has 0 aliphatic heterocycles. The number of hydrogen-bond donors (Lipinski definition) is 2. The Hall–Kier alpha value is -0.630. The van der Waals surface area contributed by atoms with Crippen LogP contribution in [0.15, 0.2) is 22.7 Å². The van der Waals surface area contributed by atoms with Crippen molar-refractivity contribution in [2.24, 2.45) is 0 Å². The quantitative estimate of drug-likeness (QED) is 0.831. The molecule has 0 aliphatic carbocycles. The van der Waals surface area contributed by atoms with Crippen molar-refractivity contribution in [1.82, 2.24) is 4.31 Å². The van der Waals surface area contributed by atoms with Gasteiger partial charge in [0.15, 0.2) is 0 Å². The standard InChI is InChI=1S/C11H17BrN2O3S/c1-9-8-10(4-5-11(9)12)13-18(16,17)14(2)6-3-7-15/h4-5,8,13,15H,3,6-7H2,1-2H3. The number of nitrogens with zero attached hydrogens (tertiary/aromatic N) is 1. The molecule has 0 unspecified atom stereocenters. The Kier molecular flexibility index (Phi) is 5.58. The first-order valence-electron chi connectivity index (χ1n) is 5.48. The van der Waals surface area contributed by atoms with Crippen LogP contribution in [0.4, 0.5) is 5.69 Å². The topological polar surface area (TPSA) is 69.6 Å². The molecule has 1 aromatic rings. The van der Waals surface area contributed by atoms with Crippen molar-refractivity contribution in [1.29, 1.82) is 0 Å². The van der Waals surface area contributed by atoms with E-state index in [4.69, 9.17) is 5.11 Å². The molecule has 5 nitrogen and oxygen atoms in total. The zero-order valence-corrected chi connectivity index (χ0v) is 12.8. The number of halogens is 1. The summed E-state index contributed by atoms with van der Waals surface area (Å²) in [6.07, 6.45) is 0.413. The molecule has 0 aromatic heterocycles. The number of anilines is 1. The molecular weight excluding hydrogens is 320 g/mol. The van der Waals surface area contributed by atoms with Crippen molar-refractivity contribution in [3.63, 3.8) is 0 Å². The first-order valence-corrected chi connectivity index (χ1v) is 7.71. The van der Waals surface area contributed by atoms with Crippen LogP contribution in [0.5, 0.6) is 0 Å². The van der Waals surface area contributed by atoms with Crippen LogP contribution in [0.25, 0.3) is 0 Å². The van der Waals surface area contributed by atoms with Crippen molar-refractivity contribution in [2.45, 2.75) is 13.3 Å². The highest BCUT2D eigenvalue weighted by atomic mass is 79.9. The minimum absolute atomic E-state index is 0.0305. The molecule has 0 bridgehead atoms. The number of nitrogens with one attached hydrogen (secondary N) is 1. The Morgan fingerprint density at radius 3 is 2.67 bits per heavy atom. The third kappa shape index (κ3) is 4.24. The van der Waals surface area contributed by atoms with E-state index in [-0.39, 0.29) is 13.2 Å². The normalized spacial score (nSPS) is 11.8. The van der Waals surface area contributed by atoms with E-state index in [1.54, 1.807) is 18.2 Å².